The highest BCUT2D eigenvalue weighted by atomic mass is 79.9. The molecular weight excluding hydrogens is 368 g/mol. The third-order valence-electron chi connectivity index (χ3n) is 2.92. The molecule has 7 heteroatoms. The van der Waals surface area contributed by atoms with Crippen molar-refractivity contribution in [3.8, 4) is 5.69 Å². The third-order valence-corrected chi connectivity index (χ3v) is 3.67. The predicted octanol–water partition coefficient (Wildman–Crippen LogP) is 3.94. The first-order chi connectivity index (χ1) is 10.6. The van der Waals surface area contributed by atoms with Crippen molar-refractivity contribution < 1.29 is 4.79 Å². The maximum atomic E-state index is 12.2. The Kier molecular flexibility index (Phi) is 4.22. The highest BCUT2D eigenvalue weighted by molar-refractivity contribution is 9.10. The number of halogens is 2. The summed E-state index contributed by atoms with van der Waals surface area (Å²) in [5.41, 5.74) is 1.90. The summed E-state index contributed by atoms with van der Waals surface area (Å²) >= 11 is 9.09. The van der Waals surface area contributed by atoms with Gasteiger partial charge in [0.2, 0.25) is 0 Å². The number of hydrogen-bond acceptors (Lipinski definition) is 3. The first-order valence-electron chi connectivity index (χ1n) is 6.35. The minimum absolute atomic E-state index is 0.257. The second kappa shape index (κ2) is 6.29. The zero-order valence-corrected chi connectivity index (χ0v) is 13.5. The molecule has 0 saturated heterocycles. The quantitative estimate of drug-likeness (QED) is 0.703. The van der Waals surface area contributed by atoms with Gasteiger partial charge in [0.05, 0.1) is 29.3 Å². The fraction of sp³-hybridized carbons (Fsp3) is 0. The molecule has 0 aliphatic heterocycles. The van der Waals surface area contributed by atoms with Gasteiger partial charge < -0.3 is 5.32 Å². The Morgan fingerprint density at radius 2 is 1.91 bits per heavy atom. The van der Waals surface area contributed by atoms with Gasteiger partial charge in [0.15, 0.2) is 0 Å². The number of hydrogen-bond donors (Lipinski definition) is 1. The van der Waals surface area contributed by atoms with Crippen LogP contribution in [0.3, 0.4) is 0 Å². The van der Waals surface area contributed by atoms with Crippen LogP contribution in [0.5, 0.6) is 0 Å². The highest BCUT2D eigenvalue weighted by Crippen LogP contribution is 2.15. The van der Waals surface area contributed by atoms with Gasteiger partial charge in [-0.2, -0.15) is 5.10 Å². The Hall–Kier alpha value is -2.18. The molecule has 1 N–H and O–H groups in total. The zero-order valence-electron chi connectivity index (χ0n) is 11.2. The zero-order chi connectivity index (χ0) is 15.5. The molecule has 3 aromatic rings. The SMILES string of the molecule is O=C(Nc1ccc(Cl)nc1)c1cnn(-c2ccc(Br)cc2)c1. The van der Waals surface area contributed by atoms with Crippen molar-refractivity contribution in [2.45, 2.75) is 0 Å². The minimum Gasteiger partial charge on any atom is -0.320 e. The van der Waals surface area contributed by atoms with E-state index < -0.39 is 0 Å². The Bertz CT molecular complexity index is 799. The first kappa shape index (κ1) is 14.7. The maximum absolute atomic E-state index is 12.2. The molecule has 0 spiro atoms. The van der Waals surface area contributed by atoms with Crippen molar-refractivity contribution in [1.82, 2.24) is 14.8 Å². The fourth-order valence-electron chi connectivity index (χ4n) is 1.83. The van der Waals surface area contributed by atoms with Crippen molar-refractivity contribution >= 4 is 39.1 Å². The summed E-state index contributed by atoms with van der Waals surface area (Å²) in [6.45, 7) is 0. The Labute approximate surface area is 140 Å². The van der Waals surface area contributed by atoms with Crippen molar-refractivity contribution in [2.24, 2.45) is 0 Å². The number of amides is 1. The lowest BCUT2D eigenvalue weighted by Gasteiger charge is -2.03. The number of anilines is 1. The molecule has 0 bridgehead atoms. The van der Waals surface area contributed by atoms with Crippen LogP contribution >= 0.6 is 27.5 Å². The number of aromatic nitrogens is 3. The number of benzene rings is 1. The largest absolute Gasteiger partial charge is 0.320 e. The number of nitrogens with zero attached hydrogens (tertiary/aromatic N) is 3. The van der Waals surface area contributed by atoms with E-state index in [4.69, 9.17) is 11.6 Å². The molecule has 2 heterocycles. The summed E-state index contributed by atoms with van der Waals surface area (Å²) < 4.78 is 2.62. The summed E-state index contributed by atoms with van der Waals surface area (Å²) in [5.74, 6) is -0.257. The van der Waals surface area contributed by atoms with E-state index in [0.29, 0.717) is 16.4 Å². The molecule has 0 unspecified atom stereocenters. The molecule has 0 aliphatic rings. The molecule has 0 fully saturated rings. The van der Waals surface area contributed by atoms with Crippen molar-refractivity contribution in [1.29, 1.82) is 0 Å². The van der Waals surface area contributed by atoms with Crippen molar-refractivity contribution in [3.63, 3.8) is 0 Å². The highest BCUT2D eigenvalue weighted by Gasteiger charge is 2.10. The Morgan fingerprint density at radius 3 is 2.59 bits per heavy atom. The summed E-state index contributed by atoms with van der Waals surface area (Å²) in [7, 11) is 0. The lowest BCUT2D eigenvalue weighted by atomic mass is 10.3. The van der Waals surface area contributed by atoms with Crippen LogP contribution in [0.4, 0.5) is 5.69 Å². The molecule has 22 heavy (non-hydrogen) atoms. The standard InChI is InChI=1S/C15H10BrClN4O/c16-11-1-4-13(5-2-11)21-9-10(7-19-21)15(22)20-12-3-6-14(17)18-8-12/h1-9H,(H,20,22). The second-order valence-electron chi connectivity index (χ2n) is 4.47. The molecule has 3 rings (SSSR count). The number of pyridine rings is 1. The summed E-state index contributed by atoms with van der Waals surface area (Å²) in [6, 6.07) is 10.9. The molecule has 2 aromatic heterocycles. The molecule has 0 radical (unpaired) electrons. The van der Waals surface area contributed by atoms with E-state index in [9.17, 15) is 4.79 Å². The summed E-state index contributed by atoms with van der Waals surface area (Å²) in [4.78, 5) is 16.1. The lowest BCUT2D eigenvalue weighted by molar-refractivity contribution is 0.102. The molecule has 110 valence electrons. The fourth-order valence-corrected chi connectivity index (χ4v) is 2.20. The van der Waals surface area contributed by atoms with Crippen LogP contribution in [0.15, 0.2) is 59.5 Å². The third kappa shape index (κ3) is 3.35. The number of carbonyl (C=O) groups is 1. The van der Waals surface area contributed by atoms with Crippen LogP contribution in [0, 0.1) is 0 Å². The van der Waals surface area contributed by atoms with E-state index in [0.717, 1.165) is 10.2 Å². The predicted molar refractivity (Wildman–Crippen MR) is 88.5 cm³/mol. The molecule has 1 amide bonds. The van der Waals surface area contributed by atoms with Crippen LogP contribution in [0.25, 0.3) is 5.69 Å². The van der Waals surface area contributed by atoms with Crippen LogP contribution in [-0.4, -0.2) is 20.7 Å². The van der Waals surface area contributed by atoms with Gasteiger partial charge in [-0.1, -0.05) is 27.5 Å². The average Bonchev–Trinajstić information content (AvgIpc) is 3.00. The first-order valence-corrected chi connectivity index (χ1v) is 7.52. The van der Waals surface area contributed by atoms with E-state index >= 15 is 0 Å². The lowest BCUT2D eigenvalue weighted by Crippen LogP contribution is -2.11. The number of carbonyl (C=O) groups excluding carboxylic acids is 1. The monoisotopic (exact) mass is 376 g/mol. The molecule has 0 atom stereocenters. The van der Waals surface area contributed by atoms with Gasteiger partial charge in [-0.15, -0.1) is 0 Å². The average molecular weight is 378 g/mol. The van der Waals surface area contributed by atoms with E-state index in [-0.39, 0.29) is 5.91 Å². The van der Waals surface area contributed by atoms with Gasteiger partial charge in [-0.3, -0.25) is 4.79 Å². The summed E-state index contributed by atoms with van der Waals surface area (Å²) in [6.07, 6.45) is 4.68. The van der Waals surface area contributed by atoms with Gasteiger partial charge in [-0.25, -0.2) is 9.67 Å². The minimum atomic E-state index is -0.257. The maximum Gasteiger partial charge on any atom is 0.258 e. The van der Waals surface area contributed by atoms with E-state index in [2.05, 4.69) is 31.3 Å². The normalized spacial score (nSPS) is 10.5. The van der Waals surface area contributed by atoms with Crippen molar-refractivity contribution in [3.05, 3.63) is 70.2 Å². The summed E-state index contributed by atoms with van der Waals surface area (Å²) in [5, 5.41) is 7.31. The molecule has 0 saturated carbocycles. The van der Waals surface area contributed by atoms with E-state index in [1.807, 2.05) is 24.3 Å². The molecular formula is C15H10BrClN4O. The van der Waals surface area contributed by atoms with E-state index in [1.54, 1.807) is 23.0 Å². The van der Waals surface area contributed by atoms with Gasteiger partial charge in [0.1, 0.15) is 5.15 Å². The van der Waals surface area contributed by atoms with Crippen LogP contribution < -0.4 is 5.32 Å². The van der Waals surface area contributed by atoms with Crippen molar-refractivity contribution in [2.75, 3.05) is 5.32 Å². The van der Waals surface area contributed by atoms with Gasteiger partial charge in [-0.05, 0) is 36.4 Å². The smallest absolute Gasteiger partial charge is 0.258 e. The second-order valence-corrected chi connectivity index (χ2v) is 5.78. The molecule has 5 nitrogen and oxygen atoms in total. The molecule has 1 aromatic carbocycles. The number of nitrogens with one attached hydrogen (secondary N) is 1. The van der Waals surface area contributed by atoms with Crippen LogP contribution in [0.2, 0.25) is 5.15 Å². The van der Waals surface area contributed by atoms with Crippen LogP contribution in [-0.2, 0) is 0 Å². The number of rotatable bonds is 3. The van der Waals surface area contributed by atoms with Crippen LogP contribution in [0.1, 0.15) is 10.4 Å². The Morgan fingerprint density at radius 1 is 1.14 bits per heavy atom. The van der Waals surface area contributed by atoms with Gasteiger partial charge >= 0.3 is 0 Å². The van der Waals surface area contributed by atoms with Gasteiger partial charge in [0.25, 0.3) is 5.91 Å². The Balaban J connectivity index is 1.76. The van der Waals surface area contributed by atoms with E-state index in [1.165, 1.54) is 12.4 Å². The van der Waals surface area contributed by atoms with Gasteiger partial charge in [0, 0.05) is 10.7 Å². The topological polar surface area (TPSA) is 59.8 Å². The molecule has 0 aliphatic carbocycles.